The van der Waals surface area contributed by atoms with E-state index in [9.17, 15) is 4.79 Å². The zero-order valence-corrected chi connectivity index (χ0v) is 13.3. The third-order valence-corrected chi connectivity index (χ3v) is 4.02. The van der Waals surface area contributed by atoms with Crippen LogP contribution in [0, 0.1) is 0 Å². The summed E-state index contributed by atoms with van der Waals surface area (Å²) in [6.07, 6.45) is 2.38. The van der Waals surface area contributed by atoms with Gasteiger partial charge in [0.05, 0.1) is 6.10 Å². The SMILES string of the molecule is O=C(NCc1ccc(OCC2CCCO2)cc1)Nc1nncs1. The van der Waals surface area contributed by atoms with Crippen molar-refractivity contribution in [3.05, 3.63) is 35.3 Å². The third-order valence-electron chi connectivity index (χ3n) is 3.42. The molecule has 0 spiro atoms. The summed E-state index contributed by atoms with van der Waals surface area (Å²) in [6, 6.07) is 7.34. The van der Waals surface area contributed by atoms with Crippen LogP contribution in [0.15, 0.2) is 29.8 Å². The summed E-state index contributed by atoms with van der Waals surface area (Å²) in [6.45, 7) is 1.84. The van der Waals surface area contributed by atoms with Gasteiger partial charge in [0.1, 0.15) is 17.9 Å². The second kappa shape index (κ2) is 7.89. The Balaban J connectivity index is 1.41. The molecule has 0 saturated carbocycles. The van der Waals surface area contributed by atoms with Crippen molar-refractivity contribution in [2.75, 3.05) is 18.5 Å². The molecule has 8 heteroatoms. The number of hydrogen-bond donors (Lipinski definition) is 2. The van der Waals surface area contributed by atoms with Gasteiger partial charge in [-0.15, -0.1) is 10.2 Å². The van der Waals surface area contributed by atoms with Gasteiger partial charge in [0.2, 0.25) is 5.13 Å². The van der Waals surface area contributed by atoms with Gasteiger partial charge in [0.15, 0.2) is 0 Å². The summed E-state index contributed by atoms with van der Waals surface area (Å²) in [7, 11) is 0. The first-order chi connectivity index (χ1) is 11.3. The predicted molar refractivity (Wildman–Crippen MR) is 86.7 cm³/mol. The van der Waals surface area contributed by atoms with Crippen LogP contribution in [0.4, 0.5) is 9.93 Å². The number of anilines is 1. The number of benzene rings is 1. The molecule has 1 aromatic carbocycles. The Bertz CT molecular complexity index is 612. The van der Waals surface area contributed by atoms with E-state index in [1.807, 2.05) is 24.3 Å². The Labute approximate surface area is 138 Å². The van der Waals surface area contributed by atoms with E-state index in [0.717, 1.165) is 30.8 Å². The van der Waals surface area contributed by atoms with Crippen LogP contribution < -0.4 is 15.4 Å². The quantitative estimate of drug-likeness (QED) is 0.847. The Morgan fingerprint density at radius 1 is 1.39 bits per heavy atom. The van der Waals surface area contributed by atoms with E-state index in [4.69, 9.17) is 9.47 Å². The van der Waals surface area contributed by atoms with Crippen molar-refractivity contribution >= 4 is 22.5 Å². The minimum Gasteiger partial charge on any atom is -0.491 e. The molecule has 0 bridgehead atoms. The highest BCUT2D eigenvalue weighted by atomic mass is 32.1. The van der Waals surface area contributed by atoms with Crippen molar-refractivity contribution in [1.82, 2.24) is 15.5 Å². The maximum absolute atomic E-state index is 11.7. The molecule has 2 N–H and O–H groups in total. The Morgan fingerprint density at radius 2 is 2.26 bits per heavy atom. The van der Waals surface area contributed by atoms with Crippen molar-refractivity contribution in [3.63, 3.8) is 0 Å². The van der Waals surface area contributed by atoms with Crippen LogP contribution in [0.3, 0.4) is 0 Å². The second-order valence-electron chi connectivity index (χ2n) is 5.14. The summed E-state index contributed by atoms with van der Waals surface area (Å²) in [5.41, 5.74) is 2.55. The fraction of sp³-hybridized carbons (Fsp3) is 0.400. The van der Waals surface area contributed by atoms with Gasteiger partial charge in [-0.25, -0.2) is 4.79 Å². The molecular formula is C15H18N4O3S. The zero-order chi connectivity index (χ0) is 15.9. The van der Waals surface area contributed by atoms with Crippen molar-refractivity contribution in [1.29, 1.82) is 0 Å². The first kappa shape index (κ1) is 15.7. The maximum atomic E-state index is 11.7. The number of ether oxygens (including phenoxy) is 2. The molecule has 23 heavy (non-hydrogen) atoms. The topological polar surface area (TPSA) is 85.4 Å². The van der Waals surface area contributed by atoms with Crippen molar-refractivity contribution in [2.45, 2.75) is 25.5 Å². The third kappa shape index (κ3) is 4.90. The summed E-state index contributed by atoms with van der Waals surface area (Å²) >= 11 is 1.27. The van der Waals surface area contributed by atoms with Gasteiger partial charge >= 0.3 is 6.03 Å². The molecule has 2 amide bonds. The molecular weight excluding hydrogens is 316 g/mol. The highest BCUT2D eigenvalue weighted by Gasteiger charge is 2.15. The molecule has 0 aliphatic carbocycles. The molecule has 0 radical (unpaired) electrons. The highest BCUT2D eigenvalue weighted by molar-refractivity contribution is 7.13. The summed E-state index contributed by atoms with van der Waals surface area (Å²) in [5.74, 6) is 0.808. The lowest BCUT2D eigenvalue weighted by molar-refractivity contribution is 0.0679. The van der Waals surface area contributed by atoms with Gasteiger partial charge in [-0.3, -0.25) is 5.32 Å². The number of nitrogens with zero attached hydrogens (tertiary/aromatic N) is 2. The van der Waals surface area contributed by atoms with E-state index in [1.54, 1.807) is 5.51 Å². The number of rotatable bonds is 6. The van der Waals surface area contributed by atoms with E-state index in [0.29, 0.717) is 18.3 Å². The fourth-order valence-corrected chi connectivity index (χ4v) is 2.66. The predicted octanol–water partition coefficient (Wildman–Crippen LogP) is 2.42. The molecule has 2 heterocycles. The number of urea groups is 1. The van der Waals surface area contributed by atoms with E-state index in [2.05, 4.69) is 20.8 Å². The van der Waals surface area contributed by atoms with Crippen LogP contribution in [0.25, 0.3) is 0 Å². The first-order valence-corrected chi connectivity index (χ1v) is 8.32. The van der Waals surface area contributed by atoms with Crippen LogP contribution in [-0.2, 0) is 11.3 Å². The minimum absolute atomic E-state index is 0.209. The van der Waals surface area contributed by atoms with Gasteiger partial charge in [0, 0.05) is 13.2 Å². The monoisotopic (exact) mass is 334 g/mol. The standard InChI is InChI=1S/C15H18N4O3S/c20-14(18-15-19-17-10-23-15)16-8-11-3-5-12(6-4-11)22-9-13-2-1-7-21-13/h3-6,10,13H,1-2,7-9H2,(H2,16,18,19,20). The van der Waals surface area contributed by atoms with Gasteiger partial charge < -0.3 is 14.8 Å². The van der Waals surface area contributed by atoms with Gasteiger partial charge in [-0.2, -0.15) is 0 Å². The molecule has 1 aliphatic heterocycles. The highest BCUT2D eigenvalue weighted by Crippen LogP contribution is 2.16. The fourth-order valence-electron chi connectivity index (χ4n) is 2.22. The number of carbonyl (C=O) groups is 1. The molecule has 3 rings (SSSR count). The summed E-state index contributed by atoms with van der Waals surface area (Å²) in [4.78, 5) is 11.7. The molecule has 1 fully saturated rings. The zero-order valence-electron chi connectivity index (χ0n) is 12.5. The molecule has 1 saturated heterocycles. The van der Waals surface area contributed by atoms with Crippen molar-refractivity contribution in [3.8, 4) is 5.75 Å². The van der Waals surface area contributed by atoms with Crippen molar-refractivity contribution in [2.24, 2.45) is 0 Å². The molecule has 2 aromatic rings. The Kier molecular flexibility index (Phi) is 5.38. The molecule has 1 aromatic heterocycles. The Hall–Kier alpha value is -2.19. The first-order valence-electron chi connectivity index (χ1n) is 7.44. The number of aromatic nitrogens is 2. The minimum atomic E-state index is -0.305. The normalized spacial score (nSPS) is 17.0. The second-order valence-corrected chi connectivity index (χ2v) is 5.97. The van der Waals surface area contributed by atoms with Gasteiger partial charge in [0.25, 0.3) is 0 Å². The molecule has 7 nitrogen and oxygen atoms in total. The number of nitrogens with one attached hydrogen (secondary N) is 2. The van der Waals surface area contributed by atoms with E-state index in [1.165, 1.54) is 11.3 Å². The van der Waals surface area contributed by atoms with Gasteiger partial charge in [-0.05, 0) is 30.5 Å². The molecule has 122 valence electrons. The number of carbonyl (C=O) groups excluding carboxylic acids is 1. The van der Waals surface area contributed by atoms with E-state index in [-0.39, 0.29) is 12.1 Å². The molecule has 1 atom stereocenters. The summed E-state index contributed by atoms with van der Waals surface area (Å²) in [5, 5.41) is 13.2. The van der Waals surface area contributed by atoms with Crippen LogP contribution in [0.5, 0.6) is 5.75 Å². The van der Waals surface area contributed by atoms with Crippen LogP contribution in [0.1, 0.15) is 18.4 Å². The van der Waals surface area contributed by atoms with E-state index < -0.39 is 0 Å². The molecule has 1 aliphatic rings. The lowest BCUT2D eigenvalue weighted by Crippen LogP contribution is -2.28. The Morgan fingerprint density at radius 3 is 2.96 bits per heavy atom. The molecule has 1 unspecified atom stereocenters. The number of hydrogen-bond acceptors (Lipinski definition) is 6. The average Bonchev–Trinajstić information content (AvgIpc) is 3.25. The lowest BCUT2D eigenvalue weighted by Gasteiger charge is -2.12. The van der Waals surface area contributed by atoms with Crippen molar-refractivity contribution < 1.29 is 14.3 Å². The average molecular weight is 334 g/mol. The largest absolute Gasteiger partial charge is 0.491 e. The van der Waals surface area contributed by atoms with Gasteiger partial charge in [-0.1, -0.05) is 23.5 Å². The maximum Gasteiger partial charge on any atom is 0.321 e. The smallest absolute Gasteiger partial charge is 0.321 e. The number of amides is 2. The summed E-state index contributed by atoms with van der Waals surface area (Å²) < 4.78 is 11.2. The van der Waals surface area contributed by atoms with Crippen LogP contribution in [0.2, 0.25) is 0 Å². The van der Waals surface area contributed by atoms with Crippen LogP contribution in [-0.4, -0.2) is 35.5 Å². The lowest BCUT2D eigenvalue weighted by atomic mass is 10.2. The van der Waals surface area contributed by atoms with Crippen LogP contribution >= 0.6 is 11.3 Å². The van der Waals surface area contributed by atoms with E-state index >= 15 is 0 Å².